The number of carbonyl (C=O) groups is 2. The number of nitrogens with zero attached hydrogens (tertiary/aromatic N) is 1. The Morgan fingerprint density at radius 1 is 1.21 bits per heavy atom. The van der Waals surface area contributed by atoms with Crippen molar-refractivity contribution < 1.29 is 23.8 Å². The lowest BCUT2D eigenvalue weighted by molar-refractivity contribution is -0.137. The Morgan fingerprint density at radius 3 is 2.54 bits per heavy atom. The molecule has 0 aliphatic carbocycles. The fourth-order valence-corrected chi connectivity index (χ4v) is 2.09. The maximum atomic E-state index is 12.9. The third-order valence-corrected chi connectivity index (χ3v) is 3.22. The van der Waals surface area contributed by atoms with Gasteiger partial charge in [0, 0.05) is 12.2 Å². The average molecular weight is 332 g/mol. The number of carboxylic acid groups (broad SMARTS) is 1. The van der Waals surface area contributed by atoms with E-state index in [2.05, 4.69) is 5.32 Å². The van der Waals surface area contributed by atoms with Gasteiger partial charge in [-0.2, -0.15) is 0 Å². The van der Waals surface area contributed by atoms with E-state index in [1.165, 1.54) is 31.4 Å². The number of nitrogens with one attached hydrogen (secondary N) is 1. The minimum atomic E-state index is -1.13. The molecule has 2 rings (SSSR count). The predicted octanol–water partition coefficient (Wildman–Crippen LogP) is 2.95. The van der Waals surface area contributed by atoms with E-state index in [-0.39, 0.29) is 6.54 Å². The van der Waals surface area contributed by atoms with Gasteiger partial charge in [0.1, 0.15) is 18.1 Å². The molecule has 126 valence electrons. The van der Waals surface area contributed by atoms with Gasteiger partial charge in [-0.05, 0) is 42.0 Å². The molecule has 2 aromatic carbocycles. The predicted molar refractivity (Wildman–Crippen MR) is 86.5 cm³/mol. The van der Waals surface area contributed by atoms with Crippen molar-refractivity contribution in [1.82, 2.24) is 4.90 Å². The van der Waals surface area contributed by atoms with Gasteiger partial charge < -0.3 is 20.1 Å². The number of urea groups is 1. The van der Waals surface area contributed by atoms with Crippen LogP contribution < -0.4 is 10.1 Å². The van der Waals surface area contributed by atoms with E-state index in [9.17, 15) is 14.0 Å². The lowest BCUT2D eigenvalue weighted by Crippen LogP contribution is -2.38. The summed E-state index contributed by atoms with van der Waals surface area (Å²) in [5.74, 6) is -0.944. The van der Waals surface area contributed by atoms with Crippen molar-refractivity contribution in [3.8, 4) is 5.75 Å². The summed E-state index contributed by atoms with van der Waals surface area (Å²) in [6.45, 7) is -0.374. The van der Waals surface area contributed by atoms with E-state index in [1.807, 2.05) is 0 Å². The van der Waals surface area contributed by atoms with Crippen molar-refractivity contribution in [2.24, 2.45) is 0 Å². The van der Waals surface area contributed by atoms with Crippen LogP contribution in [0.2, 0.25) is 0 Å². The molecule has 0 spiro atoms. The Kier molecular flexibility index (Phi) is 5.73. The van der Waals surface area contributed by atoms with Crippen molar-refractivity contribution in [1.29, 1.82) is 0 Å². The summed E-state index contributed by atoms with van der Waals surface area (Å²) >= 11 is 0. The third-order valence-electron chi connectivity index (χ3n) is 3.22. The first-order chi connectivity index (χ1) is 11.5. The second-order valence-corrected chi connectivity index (χ2v) is 5.04. The minimum Gasteiger partial charge on any atom is -0.497 e. The van der Waals surface area contributed by atoms with Gasteiger partial charge in [-0.3, -0.25) is 4.79 Å². The van der Waals surface area contributed by atoms with Crippen LogP contribution in [0.3, 0.4) is 0 Å². The normalized spacial score (nSPS) is 10.1. The van der Waals surface area contributed by atoms with E-state index in [0.29, 0.717) is 11.4 Å². The molecule has 0 saturated carbocycles. The summed E-state index contributed by atoms with van der Waals surface area (Å²) in [4.78, 5) is 24.5. The number of carbonyl (C=O) groups excluding carboxylic acids is 1. The van der Waals surface area contributed by atoms with Crippen LogP contribution >= 0.6 is 0 Å². The average Bonchev–Trinajstić information content (AvgIpc) is 2.56. The first-order valence-electron chi connectivity index (χ1n) is 7.14. The molecule has 0 bridgehead atoms. The number of carboxylic acids is 1. The number of halogens is 1. The monoisotopic (exact) mass is 332 g/mol. The maximum Gasteiger partial charge on any atom is 0.323 e. The number of rotatable bonds is 6. The Hall–Kier alpha value is -3.09. The number of hydrogen-bond donors (Lipinski definition) is 2. The highest BCUT2D eigenvalue weighted by atomic mass is 19.1. The van der Waals surface area contributed by atoms with Crippen LogP contribution in [0.4, 0.5) is 14.9 Å². The molecule has 24 heavy (non-hydrogen) atoms. The van der Waals surface area contributed by atoms with Crippen LogP contribution in [0.25, 0.3) is 0 Å². The zero-order valence-corrected chi connectivity index (χ0v) is 13.0. The van der Waals surface area contributed by atoms with Crippen LogP contribution in [0.15, 0.2) is 48.5 Å². The van der Waals surface area contributed by atoms with Crippen molar-refractivity contribution >= 4 is 17.7 Å². The summed E-state index contributed by atoms with van der Waals surface area (Å²) < 4.78 is 18.0. The molecular formula is C17H17FN2O4. The number of methoxy groups -OCH3 is 1. The van der Waals surface area contributed by atoms with Gasteiger partial charge in [0.15, 0.2) is 0 Å². The van der Waals surface area contributed by atoms with Crippen LogP contribution in [-0.4, -0.2) is 35.7 Å². The molecule has 2 aromatic rings. The van der Waals surface area contributed by atoms with Crippen molar-refractivity contribution in [2.45, 2.75) is 6.54 Å². The van der Waals surface area contributed by atoms with Gasteiger partial charge in [-0.15, -0.1) is 0 Å². The topological polar surface area (TPSA) is 78.9 Å². The molecule has 0 aliphatic heterocycles. The van der Waals surface area contributed by atoms with E-state index >= 15 is 0 Å². The summed E-state index contributed by atoms with van der Waals surface area (Å²) in [7, 11) is 1.52. The van der Waals surface area contributed by atoms with Gasteiger partial charge in [0.2, 0.25) is 0 Å². The number of ether oxygens (including phenoxy) is 1. The second kappa shape index (κ2) is 7.96. The van der Waals surface area contributed by atoms with Gasteiger partial charge in [-0.25, -0.2) is 9.18 Å². The quantitative estimate of drug-likeness (QED) is 0.852. The summed E-state index contributed by atoms with van der Waals surface area (Å²) in [5, 5.41) is 11.6. The summed E-state index contributed by atoms with van der Waals surface area (Å²) in [6.07, 6.45) is 0. The summed E-state index contributed by atoms with van der Waals surface area (Å²) in [5.41, 5.74) is 1.10. The molecule has 0 unspecified atom stereocenters. The first-order valence-corrected chi connectivity index (χ1v) is 7.14. The molecule has 7 heteroatoms. The maximum absolute atomic E-state index is 12.9. The third kappa shape index (κ3) is 4.98. The number of amides is 2. The lowest BCUT2D eigenvalue weighted by Gasteiger charge is -2.21. The van der Waals surface area contributed by atoms with Gasteiger partial charge in [0.25, 0.3) is 0 Å². The second-order valence-electron chi connectivity index (χ2n) is 5.04. The number of anilines is 1. The fraction of sp³-hybridized carbons (Fsp3) is 0.176. The summed E-state index contributed by atoms with van der Waals surface area (Å²) in [6, 6.07) is 11.6. The van der Waals surface area contributed by atoms with E-state index in [0.717, 1.165) is 10.5 Å². The van der Waals surface area contributed by atoms with Crippen molar-refractivity contribution in [2.75, 3.05) is 19.0 Å². The molecule has 6 nitrogen and oxygen atoms in total. The zero-order chi connectivity index (χ0) is 17.5. The molecule has 2 amide bonds. The minimum absolute atomic E-state index is 0.0938. The van der Waals surface area contributed by atoms with E-state index in [4.69, 9.17) is 9.84 Å². The highest BCUT2D eigenvalue weighted by Crippen LogP contribution is 2.15. The molecule has 0 saturated heterocycles. The van der Waals surface area contributed by atoms with Crippen LogP contribution in [-0.2, 0) is 11.3 Å². The van der Waals surface area contributed by atoms with Crippen LogP contribution in [0.1, 0.15) is 5.56 Å². The van der Waals surface area contributed by atoms with Crippen molar-refractivity contribution in [3.63, 3.8) is 0 Å². The first kappa shape index (κ1) is 17.3. The molecule has 0 aliphatic rings. The highest BCUT2D eigenvalue weighted by Gasteiger charge is 2.17. The van der Waals surface area contributed by atoms with Crippen LogP contribution in [0.5, 0.6) is 5.75 Å². The Bertz CT molecular complexity index is 719. The van der Waals surface area contributed by atoms with E-state index in [1.54, 1.807) is 24.3 Å². The molecule has 0 radical (unpaired) electrons. The Labute approximate surface area is 138 Å². The van der Waals surface area contributed by atoms with Gasteiger partial charge >= 0.3 is 12.0 Å². The smallest absolute Gasteiger partial charge is 0.323 e. The molecule has 0 heterocycles. The largest absolute Gasteiger partial charge is 0.497 e. The number of aliphatic carboxylic acids is 1. The number of hydrogen-bond acceptors (Lipinski definition) is 3. The Morgan fingerprint density at radius 2 is 1.92 bits per heavy atom. The number of benzene rings is 2. The molecule has 0 aromatic heterocycles. The van der Waals surface area contributed by atoms with Gasteiger partial charge in [0.05, 0.1) is 7.11 Å². The molecule has 2 N–H and O–H groups in total. The zero-order valence-electron chi connectivity index (χ0n) is 13.0. The fourth-order valence-electron chi connectivity index (χ4n) is 2.09. The van der Waals surface area contributed by atoms with E-state index < -0.39 is 24.4 Å². The lowest BCUT2D eigenvalue weighted by atomic mass is 10.2. The Balaban J connectivity index is 2.12. The molecule has 0 atom stereocenters. The van der Waals surface area contributed by atoms with Crippen molar-refractivity contribution in [3.05, 3.63) is 59.9 Å². The molecule has 0 fully saturated rings. The SMILES string of the molecule is COc1cccc(CN(CC(=O)O)C(=O)Nc2ccc(F)cc2)c1. The van der Waals surface area contributed by atoms with Gasteiger partial charge in [-0.1, -0.05) is 12.1 Å². The molecular weight excluding hydrogens is 315 g/mol. The van der Waals surface area contributed by atoms with Crippen LogP contribution in [0, 0.1) is 5.82 Å². The highest BCUT2D eigenvalue weighted by molar-refractivity contribution is 5.91. The standard InChI is InChI=1S/C17H17FN2O4/c1-24-15-4-2-3-12(9-15)10-20(11-16(21)22)17(23)19-14-7-5-13(18)6-8-14/h2-9H,10-11H2,1H3,(H,19,23)(H,21,22).